The quantitative estimate of drug-likeness (QED) is 0.180. The lowest BCUT2D eigenvalue weighted by Crippen LogP contribution is -2.52. The number of unbranched alkanes of at least 4 members (excludes halogenated alkanes) is 6. The zero-order chi connectivity index (χ0) is 22.2. The van der Waals surface area contributed by atoms with Crippen LogP contribution in [-0.2, 0) is 19.1 Å². The van der Waals surface area contributed by atoms with Crippen LogP contribution >= 0.6 is 0 Å². The van der Waals surface area contributed by atoms with Crippen molar-refractivity contribution >= 4 is 17.8 Å². The third kappa shape index (κ3) is 12.6. The Morgan fingerprint density at radius 3 is 1.97 bits per heavy atom. The maximum absolute atomic E-state index is 11.7. The van der Waals surface area contributed by atoms with E-state index in [9.17, 15) is 34.8 Å². The Morgan fingerprint density at radius 1 is 0.793 bits per heavy atom. The van der Waals surface area contributed by atoms with Crippen molar-refractivity contribution in [1.29, 1.82) is 0 Å². The summed E-state index contributed by atoms with van der Waals surface area (Å²) in [6.45, 7) is 3.28. The molecule has 0 rings (SSSR count). The van der Waals surface area contributed by atoms with Crippen LogP contribution in [0.1, 0.15) is 78.1 Å². The van der Waals surface area contributed by atoms with Gasteiger partial charge in [-0.25, -0.2) is 0 Å². The first-order valence-corrected chi connectivity index (χ1v) is 10.5. The first-order chi connectivity index (χ1) is 13.7. The average molecular weight is 420 g/mol. The molecule has 4 unspecified atom stereocenters. The highest BCUT2D eigenvalue weighted by Gasteiger charge is 2.35. The zero-order valence-corrected chi connectivity index (χ0v) is 17.5. The van der Waals surface area contributed by atoms with Gasteiger partial charge in [0.2, 0.25) is 5.91 Å². The van der Waals surface area contributed by atoms with E-state index in [1.807, 2.05) is 5.32 Å². The van der Waals surface area contributed by atoms with Crippen molar-refractivity contribution in [3.8, 4) is 0 Å². The number of aliphatic hydroxyl groups is 4. The van der Waals surface area contributed by atoms with Crippen LogP contribution in [0.5, 0.6) is 0 Å². The number of imide groups is 1. The summed E-state index contributed by atoms with van der Waals surface area (Å²) in [6, 6.07) is 0. The molecule has 9 heteroatoms. The summed E-state index contributed by atoms with van der Waals surface area (Å²) in [4.78, 5) is 34.7. The van der Waals surface area contributed by atoms with Crippen LogP contribution in [0.15, 0.2) is 0 Å². The predicted octanol–water partition coefficient (Wildman–Crippen LogP) is 0.557. The SMILES string of the molecule is CCCCCCCCCC(=O)OCC(O)C(O)C(O)C(O)C(=O)NC(=O)CCC. The molecule has 0 radical (unpaired) electrons. The topological polar surface area (TPSA) is 153 Å². The fraction of sp³-hybridized carbons (Fsp3) is 0.850. The van der Waals surface area contributed by atoms with Gasteiger partial charge in [-0.1, -0.05) is 52.4 Å². The molecule has 0 aromatic heterocycles. The Bertz CT molecular complexity index is 485. The number of aliphatic hydroxyl groups excluding tert-OH is 4. The minimum Gasteiger partial charge on any atom is -0.463 e. The van der Waals surface area contributed by atoms with Gasteiger partial charge < -0.3 is 25.2 Å². The maximum Gasteiger partial charge on any atom is 0.305 e. The summed E-state index contributed by atoms with van der Waals surface area (Å²) in [5, 5.41) is 41.1. The Kier molecular flexibility index (Phi) is 15.4. The molecule has 0 heterocycles. The van der Waals surface area contributed by atoms with Gasteiger partial charge in [0, 0.05) is 12.8 Å². The van der Waals surface area contributed by atoms with Crippen LogP contribution in [-0.4, -0.2) is 69.2 Å². The van der Waals surface area contributed by atoms with E-state index in [1.54, 1.807) is 6.92 Å². The molecule has 0 aromatic rings. The van der Waals surface area contributed by atoms with Gasteiger partial charge in [0.25, 0.3) is 5.91 Å². The van der Waals surface area contributed by atoms with Crippen molar-refractivity contribution in [2.75, 3.05) is 6.61 Å². The second kappa shape index (κ2) is 16.3. The highest BCUT2D eigenvalue weighted by atomic mass is 16.5. The molecule has 0 bridgehead atoms. The van der Waals surface area contributed by atoms with Crippen molar-refractivity contribution in [3.63, 3.8) is 0 Å². The van der Waals surface area contributed by atoms with Gasteiger partial charge in [-0.2, -0.15) is 0 Å². The number of carbonyl (C=O) groups excluding carboxylic acids is 3. The number of amides is 2. The molecular weight excluding hydrogens is 382 g/mol. The minimum absolute atomic E-state index is 0.0639. The van der Waals surface area contributed by atoms with Gasteiger partial charge in [0.05, 0.1) is 0 Å². The summed E-state index contributed by atoms with van der Waals surface area (Å²) in [7, 11) is 0. The molecule has 29 heavy (non-hydrogen) atoms. The fourth-order valence-corrected chi connectivity index (χ4v) is 2.65. The first kappa shape index (κ1) is 27.5. The third-order valence-electron chi connectivity index (χ3n) is 4.48. The molecule has 0 aliphatic rings. The third-order valence-corrected chi connectivity index (χ3v) is 4.48. The van der Waals surface area contributed by atoms with Crippen molar-refractivity contribution < 1.29 is 39.5 Å². The Morgan fingerprint density at radius 2 is 1.38 bits per heavy atom. The molecule has 4 atom stereocenters. The van der Waals surface area contributed by atoms with Crippen LogP contribution in [0.25, 0.3) is 0 Å². The Hall–Kier alpha value is -1.55. The zero-order valence-electron chi connectivity index (χ0n) is 17.5. The molecule has 5 N–H and O–H groups in total. The highest BCUT2D eigenvalue weighted by Crippen LogP contribution is 2.10. The monoisotopic (exact) mass is 419 g/mol. The molecule has 0 aliphatic heterocycles. The van der Waals surface area contributed by atoms with E-state index < -0.39 is 48.8 Å². The molecular formula is C20H37NO8. The number of rotatable bonds is 16. The lowest BCUT2D eigenvalue weighted by Gasteiger charge is -2.25. The van der Waals surface area contributed by atoms with E-state index in [4.69, 9.17) is 4.74 Å². The minimum atomic E-state index is -2.12. The largest absolute Gasteiger partial charge is 0.463 e. The number of nitrogens with one attached hydrogen (secondary N) is 1. The highest BCUT2D eigenvalue weighted by molar-refractivity contribution is 5.97. The lowest BCUT2D eigenvalue weighted by molar-refractivity contribution is -0.160. The summed E-state index contributed by atoms with van der Waals surface area (Å²) >= 11 is 0. The van der Waals surface area contributed by atoms with Crippen LogP contribution in [0.2, 0.25) is 0 Å². The van der Waals surface area contributed by atoms with Crippen molar-refractivity contribution in [2.45, 2.75) is 102 Å². The molecule has 0 aromatic carbocycles. The molecule has 170 valence electrons. The van der Waals surface area contributed by atoms with Crippen LogP contribution in [0.4, 0.5) is 0 Å². The molecule has 0 saturated carbocycles. The summed E-state index contributed by atoms with van der Waals surface area (Å²) in [5.41, 5.74) is 0. The van der Waals surface area contributed by atoms with E-state index in [0.717, 1.165) is 19.3 Å². The van der Waals surface area contributed by atoms with Crippen LogP contribution in [0, 0.1) is 0 Å². The number of esters is 1. The van der Waals surface area contributed by atoms with Crippen LogP contribution in [0.3, 0.4) is 0 Å². The number of hydrogen-bond acceptors (Lipinski definition) is 8. The first-order valence-electron chi connectivity index (χ1n) is 10.5. The Labute approximate surface area is 172 Å². The second-order valence-electron chi connectivity index (χ2n) is 7.21. The average Bonchev–Trinajstić information content (AvgIpc) is 2.69. The standard InChI is InChI=1S/C20H37NO8/c1-3-5-6-7-8-9-10-12-16(24)29-13-14(22)17(25)18(26)19(27)20(28)21-15(23)11-4-2/h14,17-19,22,25-27H,3-13H2,1-2H3,(H,21,23,28). The molecule has 9 nitrogen and oxygen atoms in total. The van der Waals surface area contributed by atoms with Gasteiger partial charge in [-0.05, 0) is 12.8 Å². The smallest absolute Gasteiger partial charge is 0.305 e. The van der Waals surface area contributed by atoms with Gasteiger partial charge in [0.15, 0.2) is 6.10 Å². The van der Waals surface area contributed by atoms with E-state index in [0.29, 0.717) is 12.8 Å². The van der Waals surface area contributed by atoms with Crippen molar-refractivity contribution in [3.05, 3.63) is 0 Å². The lowest BCUT2D eigenvalue weighted by atomic mass is 10.0. The van der Waals surface area contributed by atoms with Gasteiger partial charge in [-0.15, -0.1) is 0 Å². The normalized spacial score (nSPS) is 15.2. The summed E-state index contributed by atoms with van der Waals surface area (Å²) in [6.07, 6.45) is 0.231. The molecule has 0 saturated heterocycles. The Balaban J connectivity index is 4.14. The summed E-state index contributed by atoms with van der Waals surface area (Å²) in [5.74, 6) is -2.35. The predicted molar refractivity (Wildman–Crippen MR) is 106 cm³/mol. The van der Waals surface area contributed by atoms with Crippen molar-refractivity contribution in [2.24, 2.45) is 0 Å². The molecule has 2 amide bonds. The number of carbonyl (C=O) groups is 3. The number of ether oxygens (including phenoxy) is 1. The molecule has 0 fully saturated rings. The summed E-state index contributed by atoms with van der Waals surface area (Å²) < 4.78 is 4.86. The van der Waals surface area contributed by atoms with Gasteiger partial charge >= 0.3 is 5.97 Å². The van der Waals surface area contributed by atoms with Crippen molar-refractivity contribution in [1.82, 2.24) is 5.32 Å². The number of hydrogen-bond donors (Lipinski definition) is 5. The van der Waals surface area contributed by atoms with E-state index in [1.165, 1.54) is 19.3 Å². The van der Waals surface area contributed by atoms with Gasteiger partial charge in [-0.3, -0.25) is 19.7 Å². The van der Waals surface area contributed by atoms with Crippen LogP contribution < -0.4 is 5.32 Å². The second-order valence-corrected chi connectivity index (χ2v) is 7.21. The van der Waals surface area contributed by atoms with Gasteiger partial charge in [0.1, 0.15) is 24.9 Å². The van der Waals surface area contributed by atoms with E-state index in [-0.39, 0.29) is 12.8 Å². The molecule has 0 aliphatic carbocycles. The maximum atomic E-state index is 11.7. The molecule has 0 spiro atoms. The van der Waals surface area contributed by atoms with E-state index >= 15 is 0 Å². The van der Waals surface area contributed by atoms with E-state index in [2.05, 4.69) is 6.92 Å². The fourth-order valence-electron chi connectivity index (χ4n) is 2.65.